The van der Waals surface area contributed by atoms with Crippen LogP contribution in [0.25, 0.3) is 0 Å². The number of fused-ring (bicyclic) bond motifs is 6. The summed E-state index contributed by atoms with van der Waals surface area (Å²) >= 11 is 0. The Bertz CT molecular complexity index is 748. The van der Waals surface area contributed by atoms with Gasteiger partial charge < -0.3 is 15.1 Å². The Labute approximate surface area is 138 Å². The molecule has 0 radical (unpaired) electrons. The Kier molecular flexibility index (Phi) is 3.18. The van der Waals surface area contributed by atoms with Crippen molar-refractivity contribution in [2.75, 3.05) is 6.54 Å². The van der Waals surface area contributed by atoms with Crippen molar-refractivity contribution in [3.05, 3.63) is 35.4 Å². The van der Waals surface area contributed by atoms with Gasteiger partial charge in [-0.2, -0.15) is 0 Å². The third kappa shape index (κ3) is 1.78. The summed E-state index contributed by atoms with van der Waals surface area (Å²) in [6, 6.07) is 6.12. The molecular formula is C17H18N2O5. The Morgan fingerprint density at radius 1 is 1.29 bits per heavy atom. The standard InChI is InChI=1S/C17H18N2O5/c20-13(21)8-18-11-7-9-3-1-2-4-10(9)14-17(16(23)24)6-5-12(17)19(14)15(11)22/h1-4,11-12,14,18H,5-8H2,(H,20,21)(H,23,24)/t11-,12?,14?,17?/m0/s1. The lowest BCUT2D eigenvalue weighted by molar-refractivity contribution is -0.224. The second kappa shape index (κ2) is 5.04. The Morgan fingerprint density at radius 2 is 2.04 bits per heavy atom. The number of rotatable bonds is 4. The highest BCUT2D eigenvalue weighted by Gasteiger charge is 2.73. The molecule has 0 aromatic heterocycles. The van der Waals surface area contributed by atoms with E-state index in [0.717, 1.165) is 11.1 Å². The van der Waals surface area contributed by atoms with Crippen LogP contribution in [0.1, 0.15) is 30.0 Å². The van der Waals surface area contributed by atoms with Crippen molar-refractivity contribution >= 4 is 17.8 Å². The Balaban J connectivity index is 1.75. The molecule has 4 rings (SSSR count). The molecule has 4 atom stereocenters. The maximum atomic E-state index is 12.9. The molecule has 1 amide bonds. The van der Waals surface area contributed by atoms with Crippen LogP contribution in [-0.2, 0) is 20.8 Å². The third-order valence-electron chi connectivity index (χ3n) is 5.75. The zero-order chi connectivity index (χ0) is 17.1. The van der Waals surface area contributed by atoms with E-state index >= 15 is 0 Å². The second-order valence-electron chi connectivity index (χ2n) is 6.78. The lowest BCUT2D eigenvalue weighted by Gasteiger charge is -2.67. The number of aliphatic carboxylic acids is 2. The summed E-state index contributed by atoms with van der Waals surface area (Å²) in [5, 5.41) is 21.4. The number of benzene rings is 1. The molecule has 3 unspecified atom stereocenters. The first-order valence-corrected chi connectivity index (χ1v) is 8.05. The molecule has 126 valence electrons. The molecule has 1 saturated heterocycles. The molecule has 1 aliphatic carbocycles. The van der Waals surface area contributed by atoms with E-state index in [4.69, 9.17) is 5.11 Å². The number of carbonyl (C=O) groups excluding carboxylic acids is 1. The highest BCUT2D eigenvalue weighted by molar-refractivity contribution is 5.91. The van der Waals surface area contributed by atoms with E-state index in [1.54, 1.807) is 4.90 Å². The van der Waals surface area contributed by atoms with Crippen molar-refractivity contribution in [2.24, 2.45) is 5.41 Å². The first-order valence-electron chi connectivity index (χ1n) is 8.05. The molecule has 7 nitrogen and oxygen atoms in total. The van der Waals surface area contributed by atoms with Crippen molar-refractivity contribution in [2.45, 2.75) is 37.4 Å². The Morgan fingerprint density at radius 3 is 2.67 bits per heavy atom. The van der Waals surface area contributed by atoms with Crippen molar-refractivity contribution in [3.8, 4) is 0 Å². The number of piperidine rings is 1. The molecular weight excluding hydrogens is 312 g/mol. The minimum atomic E-state index is -1.02. The highest BCUT2D eigenvalue weighted by Crippen LogP contribution is 2.66. The summed E-state index contributed by atoms with van der Waals surface area (Å²) < 4.78 is 0. The topological polar surface area (TPSA) is 107 Å². The minimum absolute atomic E-state index is 0.195. The molecule has 3 N–H and O–H groups in total. The van der Waals surface area contributed by atoms with Crippen LogP contribution in [0.5, 0.6) is 0 Å². The van der Waals surface area contributed by atoms with Crippen LogP contribution < -0.4 is 5.32 Å². The molecule has 0 spiro atoms. The van der Waals surface area contributed by atoms with Crippen LogP contribution >= 0.6 is 0 Å². The predicted molar refractivity (Wildman–Crippen MR) is 82.3 cm³/mol. The van der Waals surface area contributed by atoms with E-state index < -0.39 is 29.4 Å². The summed E-state index contributed by atoms with van der Waals surface area (Å²) in [5.41, 5.74) is 0.907. The fraction of sp³-hybridized carbons (Fsp3) is 0.471. The lowest BCUT2D eigenvalue weighted by Crippen LogP contribution is -2.77. The third-order valence-corrected chi connectivity index (χ3v) is 5.75. The van der Waals surface area contributed by atoms with Gasteiger partial charge >= 0.3 is 11.9 Å². The van der Waals surface area contributed by atoms with E-state index in [2.05, 4.69) is 5.32 Å². The van der Waals surface area contributed by atoms with E-state index in [0.29, 0.717) is 19.3 Å². The fourth-order valence-corrected chi connectivity index (χ4v) is 4.56. The molecule has 0 bridgehead atoms. The van der Waals surface area contributed by atoms with E-state index in [9.17, 15) is 19.5 Å². The van der Waals surface area contributed by atoms with Gasteiger partial charge in [-0.05, 0) is 30.4 Å². The minimum Gasteiger partial charge on any atom is -0.481 e. The quantitative estimate of drug-likeness (QED) is 0.738. The number of hydrogen-bond acceptors (Lipinski definition) is 4. The van der Waals surface area contributed by atoms with Gasteiger partial charge in [0, 0.05) is 0 Å². The number of amides is 1. The summed E-state index contributed by atoms with van der Waals surface area (Å²) in [5.74, 6) is -2.07. The van der Waals surface area contributed by atoms with Gasteiger partial charge in [0.25, 0.3) is 0 Å². The summed E-state index contributed by atoms with van der Waals surface area (Å²) in [7, 11) is 0. The Hall–Kier alpha value is -2.41. The van der Waals surface area contributed by atoms with Gasteiger partial charge in [0.2, 0.25) is 5.91 Å². The smallest absolute Gasteiger partial charge is 0.317 e. The number of carboxylic acid groups (broad SMARTS) is 2. The fourth-order valence-electron chi connectivity index (χ4n) is 4.56. The summed E-state index contributed by atoms with van der Waals surface area (Å²) in [4.78, 5) is 37.3. The average molecular weight is 330 g/mol. The maximum Gasteiger partial charge on any atom is 0.317 e. The molecule has 7 heteroatoms. The monoisotopic (exact) mass is 330 g/mol. The zero-order valence-electron chi connectivity index (χ0n) is 12.9. The largest absolute Gasteiger partial charge is 0.481 e. The summed E-state index contributed by atoms with van der Waals surface area (Å²) in [6.45, 7) is -0.300. The van der Waals surface area contributed by atoms with Crippen LogP contribution in [0.3, 0.4) is 0 Å². The molecule has 3 aliphatic rings. The van der Waals surface area contributed by atoms with Gasteiger partial charge in [0.1, 0.15) is 5.41 Å². The van der Waals surface area contributed by atoms with Crippen molar-refractivity contribution in [1.82, 2.24) is 10.2 Å². The van der Waals surface area contributed by atoms with Crippen LogP contribution in [-0.4, -0.2) is 51.6 Å². The molecule has 1 aromatic rings. The second-order valence-corrected chi connectivity index (χ2v) is 6.78. The van der Waals surface area contributed by atoms with E-state index in [1.807, 2.05) is 24.3 Å². The van der Waals surface area contributed by atoms with Crippen LogP contribution in [0.15, 0.2) is 24.3 Å². The zero-order valence-corrected chi connectivity index (χ0v) is 12.9. The predicted octanol–water partition coefficient (Wildman–Crippen LogP) is 0.402. The molecule has 2 heterocycles. The van der Waals surface area contributed by atoms with E-state index in [-0.39, 0.29) is 18.5 Å². The molecule has 2 fully saturated rings. The van der Waals surface area contributed by atoms with Gasteiger partial charge in [0.15, 0.2) is 0 Å². The highest BCUT2D eigenvalue weighted by atomic mass is 16.4. The number of carboxylic acids is 2. The van der Waals surface area contributed by atoms with Crippen molar-refractivity contribution < 1.29 is 24.6 Å². The number of hydrogen-bond donors (Lipinski definition) is 3. The summed E-state index contributed by atoms with van der Waals surface area (Å²) in [6.07, 6.45) is 1.63. The van der Waals surface area contributed by atoms with Crippen LogP contribution in [0.2, 0.25) is 0 Å². The molecule has 1 saturated carbocycles. The first kappa shape index (κ1) is 15.1. The number of carbonyl (C=O) groups is 3. The maximum absolute atomic E-state index is 12.9. The SMILES string of the molecule is O=C(O)CN[C@H]1Cc2ccccc2C2N(C1=O)C1CCC12C(=O)O. The normalized spacial score (nSPS) is 33.2. The average Bonchev–Trinajstić information content (AvgIpc) is 2.61. The molecule has 2 aliphatic heterocycles. The van der Waals surface area contributed by atoms with Crippen LogP contribution in [0, 0.1) is 5.41 Å². The van der Waals surface area contributed by atoms with Crippen molar-refractivity contribution in [3.63, 3.8) is 0 Å². The van der Waals surface area contributed by atoms with Gasteiger partial charge in [-0.3, -0.25) is 19.7 Å². The van der Waals surface area contributed by atoms with Gasteiger partial charge in [0.05, 0.1) is 24.7 Å². The van der Waals surface area contributed by atoms with Gasteiger partial charge in [-0.1, -0.05) is 24.3 Å². The van der Waals surface area contributed by atoms with E-state index in [1.165, 1.54) is 0 Å². The molecule has 24 heavy (non-hydrogen) atoms. The number of nitrogens with one attached hydrogen (secondary N) is 1. The van der Waals surface area contributed by atoms with Gasteiger partial charge in [-0.25, -0.2) is 0 Å². The molecule has 1 aromatic carbocycles. The lowest BCUT2D eigenvalue weighted by atomic mass is 9.50. The first-order chi connectivity index (χ1) is 11.5. The van der Waals surface area contributed by atoms with Crippen LogP contribution in [0.4, 0.5) is 0 Å². The number of nitrogens with zero attached hydrogens (tertiary/aromatic N) is 1. The van der Waals surface area contributed by atoms with Gasteiger partial charge in [-0.15, -0.1) is 0 Å². The van der Waals surface area contributed by atoms with Crippen molar-refractivity contribution in [1.29, 1.82) is 0 Å².